The third-order valence-corrected chi connectivity index (χ3v) is 6.24. The van der Waals surface area contributed by atoms with Gasteiger partial charge in [0.1, 0.15) is 0 Å². The smallest absolute Gasteiger partial charge is 0.0622 e. The first-order valence-electron chi connectivity index (χ1n) is 10.1. The molecule has 0 N–H and O–H groups in total. The first kappa shape index (κ1) is 16.3. The molecule has 0 spiro atoms. The summed E-state index contributed by atoms with van der Waals surface area (Å²) in [5, 5.41) is 2.53. The van der Waals surface area contributed by atoms with Crippen LogP contribution >= 0.6 is 0 Å². The maximum absolute atomic E-state index is 3.64. The molecule has 0 aromatic heterocycles. The summed E-state index contributed by atoms with van der Waals surface area (Å²) in [5.74, 6) is 0. The van der Waals surface area contributed by atoms with Gasteiger partial charge in [0.15, 0.2) is 0 Å². The minimum atomic E-state index is -0.355. The Kier molecular flexibility index (Phi) is 3.48. The summed E-state index contributed by atoms with van der Waals surface area (Å²) in [7, 11) is 0. The van der Waals surface area contributed by atoms with Crippen LogP contribution in [0.1, 0.15) is 22.3 Å². The topological polar surface area (TPSA) is 0 Å². The van der Waals surface area contributed by atoms with Gasteiger partial charge in [-0.2, -0.15) is 0 Å². The Bertz CT molecular complexity index is 1290. The lowest BCUT2D eigenvalue weighted by Crippen LogP contribution is -2.28. The molecule has 1 aliphatic rings. The lowest BCUT2D eigenvalue weighted by atomic mass is 9.67. The van der Waals surface area contributed by atoms with Crippen molar-refractivity contribution < 1.29 is 0 Å². The van der Waals surface area contributed by atoms with Crippen LogP contribution in [0.15, 0.2) is 115 Å². The largest absolute Gasteiger partial charge is 0.0719 e. The summed E-state index contributed by atoms with van der Waals surface area (Å²) < 4.78 is 0. The molecule has 5 aromatic rings. The Morgan fingerprint density at radius 2 is 1.14 bits per heavy atom. The first-order chi connectivity index (χ1) is 14.4. The molecule has 6 rings (SSSR count). The van der Waals surface area contributed by atoms with Gasteiger partial charge < -0.3 is 0 Å². The minimum Gasteiger partial charge on any atom is -0.0622 e. The van der Waals surface area contributed by atoms with Gasteiger partial charge in [0.2, 0.25) is 0 Å². The zero-order chi connectivity index (χ0) is 19.3. The molecule has 1 radical (unpaired) electrons. The Hall–Kier alpha value is -3.64. The van der Waals surface area contributed by atoms with Crippen molar-refractivity contribution in [2.45, 2.75) is 5.41 Å². The van der Waals surface area contributed by atoms with Gasteiger partial charge in [0, 0.05) is 0 Å². The van der Waals surface area contributed by atoms with Crippen LogP contribution in [-0.2, 0) is 5.41 Å². The van der Waals surface area contributed by atoms with E-state index in [4.69, 9.17) is 0 Å². The molecule has 0 fully saturated rings. The molecule has 1 aliphatic carbocycles. The van der Waals surface area contributed by atoms with Gasteiger partial charge in [-0.05, 0) is 56.3 Å². The number of hydrogen-bond acceptors (Lipinski definition) is 0. The zero-order valence-corrected chi connectivity index (χ0v) is 16.0. The summed E-state index contributed by atoms with van der Waals surface area (Å²) in [4.78, 5) is 0. The van der Waals surface area contributed by atoms with Gasteiger partial charge in [0.05, 0.1) is 5.41 Å². The third-order valence-electron chi connectivity index (χ3n) is 6.24. The van der Waals surface area contributed by atoms with Crippen LogP contribution in [-0.4, -0.2) is 0 Å². The highest BCUT2D eigenvalue weighted by molar-refractivity contribution is 5.99. The van der Waals surface area contributed by atoms with Gasteiger partial charge in [-0.15, -0.1) is 0 Å². The molecule has 0 aliphatic heterocycles. The van der Waals surface area contributed by atoms with Crippen molar-refractivity contribution >= 4 is 10.8 Å². The van der Waals surface area contributed by atoms with Gasteiger partial charge in [-0.3, -0.25) is 0 Å². The molecule has 0 bridgehead atoms. The molecule has 0 heterocycles. The Morgan fingerprint density at radius 1 is 0.552 bits per heavy atom. The summed E-state index contributed by atoms with van der Waals surface area (Å²) >= 11 is 0. The monoisotopic (exact) mass is 367 g/mol. The average Bonchev–Trinajstić information content (AvgIpc) is 3.12. The molecule has 0 saturated heterocycles. The quantitative estimate of drug-likeness (QED) is 0.309. The van der Waals surface area contributed by atoms with E-state index in [1.807, 2.05) is 0 Å². The average molecular weight is 367 g/mol. The highest BCUT2D eigenvalue weighted by Gasteiger charge is 2.46. The van der Waals surface area contributed by atoms with Crippen molar-refractivity contribution in [1.82, 2.24) is 0 Å². The molecular formula is C29H19. The highest BCUT2D eigenvalue weighted by Crippen LogP contribution is 2.57. The van der Waals surface area contributed by atoms with E-state index in [1.54, 1.807) is 0 Å². The van der Waals surface area contributed by atoms with E-state index >= 15 is 0 Å². The molecule has 135 valence electrons. The molecule has 0 unspecified atom stereocenters. The maximum atomic E-state index is 3.64. The normalized spacial score (nSPS) is 13.8. The second kappa shape index (κ2) is 6.18. The number of hydrogen-bond donors (Lipinski definition) is 0. The van der Waals surface area contributed by atoms with Crippen LogP contribution in [0.4, 0.5) is 0 Å². The molecular weight excluding hydrogens is 348 g/mol. The molecule has 0 saturated carbocycles. The van der Waals surface area contributed by atoms with Crippen LogP contribution < -0.4 is 0 Å². The van der Waals surface area contributed by atoms with Crippen LogP contribution in [0, 0.1) is 6.07 Å². The van der Waals surface area contributed by atoms with E-state index in [-0.39, 0.29) is 5.41 Å². The third kappa shape index (κ3) is 2.14. The Labute approximate surface area is 171 Å². The van der Waals surface area contributed by atoms with Gasteiger partial charge >= 0.3 is 0 Å². The van der Waals surface area contributed by atoms with Crippen LogP contribution in [0.2, 0.25) is 0 Å². The van der Waals surface area contributed by atoms with E-state index in [1.165, 1.54) is 44.2 Å². The summed E-state index contributed by atoms with van der Waals surface area (Å²) in [5.41, 5.74) is 7.40. The second-order valence-corrected chi connectivity index (χ2v) is 7.65. The summed E-state index contributed by atoms with van der Waals surface area (Å²) in [6.07, 6.45) is 0. The highest BCUT2D eigenvalue weighted by atomic mass is 14.5. The fourth-order valence-electron chi connectivity index (χ4n) is 5.11. The van der Waals surface area contributed by atoms with Crippen molar-refractivity contribution in [2.75, 3.05) is 0 Å². The fraction of sp³-hybridized carbons (Fsp3) is 0.0345. The predicted molar refractivity (Wildman–Crippen MR) is 120 cm³/mol. The van der Waals surface area contributed by atoms with Crippen LogP contribution in [0.3, 0.4) is 0 Å². The van der Waals surface area contributed by atoms with Gasteiger partial charge in [0.25, 0.3) is 0 Å². The molecule has 0 atom stereocenters. The van der Waals surface area contributed by atoms with Gasteiger partial charge in [-0.25, -0.2) is 0 Å². The first-order valence-corrected chi connectivity index (χ1v) is 10.1. The van der Waals surface area contributed by atoms with Crippen LogP contribution in [0.25, 0.3) is 21.9 Å². The van der Waals surface area contributed by atoms with E-state index in [2.05, 4.69) is 121 Å². The lowest BCUT2D eigenvalue weighted by molar-refractivity contribution is 0.775. The SMILES string of the molecule is [c]1cc2ccccc2c2c1-c1ccccc1C2(c1ccccc1)c1ccccc1. The van der Waals surface area contributed by atoms with E-state index in [0.29, 0.717) is 0 Å². The van der Waals surface area contributed by atoms with E-state index < -0.39 is 0 Å². The number of rotatable bonds is 2. The van der Waals surface area contributed by atoms with Crippen molar-refractivity contribution in [3.05, 3.63) is 144 Å². The summed E-state index contributed by atoms with van der Waals surface area (Å²) in [6, 6.07) is 45.2. The molecule has 5 aromatic carbocycles. The van der Waals surface area contributed by atoms with Crippen LogP contribution in [0.5, 0.6) is 0 Å². The summed E-state index contributed by atoms with van der Waals surface area (Å²) in [6.45, 7) is 0. The Morgan fingerprint density at radius 3 is 1.86 bits per heavy atom. The van der Waals surface area contributed by atoms with Crippen molar-refractivity contribution in [3.8, 4) is 11.1 Å². The zero-order valence-electron chi connectivity index (χ0n) is 16.0. The predicted octanol–water partition coefficient (Wildman–Crippen LogP) is 7.00. The van der Waals surface area contributed by atoms with Crippen molar-refractivity contribution in [1.29, 1.82) is 0 Å². The molecule has 0 amide bonds. The van der Waals surface area contributed by atoms with E-state index in [9.17, 15) is 0 Å². The van der Waals surface area contributed by atoms with Crippen molar-refractivity contribution in [3.63, 3.8) is 0 Å². The molecule has 29 heavy (non-hydrogen) atoms. The maximum Gasteiger partial charge on any atom is 0.0719 e. The minimum absolute atomic E-state index is 0.355. The molecule has 0 nitrogen and oxygen atoms in total. The number of benzene rings is 5. The fourth-order valence-corrected chi connectivity index (χ4v) is 5.11. The van der Waals surface area contributed by atoms with E-state index in [0.717, 1.165) is 0 Å². The standard InChI is InChI=1S/C29H19/c1-3-12-22(13-4-1)29(23-14-5-2-6-15-23)27-18-10-9-17-25(27)26-20-19-21-11-7-8-16-24(21)28(26)29/h1-19H. The number of fused-ring (bicyclic) bond motifs is 5. The second-order valence-electron chi connectivity index (χ2n) is 7.65. The lowest BCUT2D eigenvalue weighted by Gasteiger charge is -2.34. The van der Waals surface area contributed by atoms with Gasteiger partial charge in [-0.1, -0.05) is 109 Å². The molecule has 0 heteroatoms. The Balaban J connectivity index is 1.88. The van der Waals surface area contributed by atoms with Crippen molar-refractivity contribution in [2.24, 2.45) is 0 Å².